The Morgan fingerprint density at radius 2 is 1.76 bits per heavy atom. The van der Waals surface area contributed by atoms with Crippen LogP contribution in [0.1, 0.15) is 15.9 Å². The van der Waals surface area contributed by atoms with Crippen LogP contribution in [-0.4, -0.2) is 25.0 Å². The van der Waals surface area contributed by atoms with Crippen LogP contribution in [0.15, 0.2) is 48.5 Å². The first-order valence-electron chi connectivity index (χ1n) is 6.46. The molecule has 21 heavy (non-hydrogen) atoms. The van der Waals surface area contributed by atoms with Gasteiger partial charge in [0.15, 0.2) is 0 Å². The van der Waals surface area contributed by atoms with Crippen molar-refractivity contribution in [1.29, 1.82) is 0 Å². The molecule has 2 aromatic rings. The predicted molar refractivity (Wildman–Crippen MR) is 91.1 cm³/mol. The molecule has 5 heteroatoms. The van der Waals surface area contributed by atoms with E-state index in [1.807, 2.05) is 43.3 Å². The predicted octanol–water partition coefficient (Wildman–Crippen LogP) is 2.64. The average molecular weight is 299 g/mol. The summed E-state index contributed by atoms with van der Waals surface area (Å²) in [6.45, 7) is 0. The first-order valence-corrected chi connectivity index (χ1v) is 6.87. The van der Waals surface area contributed by atoms with Crippen molar-refractivity contribution in [3.63, 3.8) is 0 Å². The molecule has 0 atom stereocenters. The largest absolute Gasteiger partial charge is 0.389 e. The zero-order valence-corrected chi connectivity index (χ0v) is 12.8. The zero-order valence-electron chi connectivity index (χ0n) is 12.0. The molecule has 2 rings (SSSR count). The van der Waals surface area contributed by atoms with Crippen LogP contribution in [0, 0.1) is 0 Å². The fourth-order valence-electron chi connectivity index (χ4n) is 1.88. The lowest BCUT2D eigenvalue weighted by molar-refractivity contribution is 0.102. The Hall–Kier alpha value is -2.40. The van der Waals surface area contributed by atoms with Crippen molar-refractivity contribution >= 4 is 34.5 Å². The smallest absolute Gasteiger partial charge is 0.255 e. The number of rotatable bonds is 4. The van der Waals surface area contributed by atoms with E-state index in [4.69, 9.17) is 18.0 Å². The van der Waals surface area contributed by atoms with E-state index in [1.165, 1.54) is 0 Å². The number of amides is 1. The number of thiocarbonyl (C=S) groups is 1. The van der Waals surface area contributed by atoms with E-state index in [0.717, 1.165) is 11.3 Å². The number of nitrogens with one attached hydrogen (secondary N) is 1. The van der Waals surface area contributed by atoms with Gasteiger partial charge in [0, 0.05) is 36.6 Å². The highest BCUT2D eigenvalue weighted by Crippen LogP contribution is 2.16. The molecule has 0 spiro atoms. The molecule has 0 saturated carbocycles. The number of anilines is 2. The Balaban J connectivity index is 2.20. The maximum absolute atomic E-state index is 12.3. The van der Waals surface area contributed by atoms with Crippen molar-refractivity contribution in [2.75, 3.05) is 24.3 Å². The molecule has 0 aliphatic rings. The van der Waals surface area contributed by atoms with Gasteiger partial charge in [-0.25, -0.2) is 0 Å². The lowest BCUT2D eigenvalue weighted by Gasteiger charge is -2.13. The van der Waals surface area contributed by atoms with Crippen molar-refractivity contribution in [3.05, 3.63) is 59.7 Å². The van der Waals surface area contributed by atoms with Crippen LogP contribution in [0.3, 0.4) is 0 Å². The number of hydrogen-bond acceptors (Lipinski definition) is 3. The van der Waals surface area contributed by atoms with E-state index >= 15 is 0 Å². The van der Waals surface area contributed by atoms with Gasteiger partial charge in [-0.05, 0) is 30.3 Å². The lowest BCUT2D eigenvalue weighted by Crippen LogP contribution is -2.15. The summed E-state index contributed by atoms with van der Waals surface area (Å²) in [5, 5.41) is 2.85. The Morgan fingerprint density at radius 1 is 1.10 bits per heavy atom. The maximum atomic E-state index is 12.3. The molecule has 3 N–H and O–H groups in total. The van der Waals surface area contributed by atoms with Gasteiger partial charge in [0.1, 0.15) is 4.99 Å². The SMILES string of the molecule is CN(C)c1cccc(C(=O)Nc2cccc(C(N)=S)c2)c1. The van der Waals surface area contributed by atoms with Gasteiger partial charge in [-0.15, -0.1) is 0 Å². The lowest BCUT2D eigenvalue weighted by atomic mass is 10.1. The first kappa shape index (κ1) is 15.0. The summed E-state index contributed by atoms with van der Waals surface area (Å²) in [6, 6.07) is 14.6. The van der Waals surface area contributed by atoms with Gasteiger partial charge in [0.2, 0.25) is 0 Å². The third-order valence-electron chi connectivity index (χ3n) is 3.03. The van der Waals surface area contributed by atoms with Crippen LogP contribution >= 0.6 is 12.2 Å². The van der Waals surface area contributed by atoms with Crippen LogP contribution in [0.2, 0.25) is 0 Å². The van der Waals surface area contributed by atoms with E-state index in [1.54, 1.807) is 24.3 Å². The number of hydrogen-bond donors (Lipinski definition) is 2. The minimum atomic E-state index is -0.168. The Kier molecular flexibility index (Phi) is 4.55. The second-order valence-electron chi connectivity index (χ2n) is 4.84. The normalized spacial score (nSPS) is 10.0. The molecule has 108 valence electrons. The molecular formula is C16H17N3OS. The molecule has 0 aliphatic carbocycles. The minimum absolute atomic E-state index is 0.168. The van der Waals surface area contributed by atoms with E-state index in [2.05, 4.69) is 5.32 Å². The summed E-state index contributed by atoms with van der Waals surface area (Å²) >= 11 is 4.93. The minimum Gasteiger partial charge on any atom is -0.389 e. The standard InChI is InChI=1S/C16H17N3OS/c1-19(2)14-8-4-6-12(10-14)16(20)18-13-7-3-5-11(9-13)15(17)21/h3-10H,1-2H3,(H2,17,21)(H,18,20). The fourth-order valence-corrected chi connectivity index (χ4v) is 2.01. The molecule has 0 unspecified atom stereocenters. The molecule has 0 bridgehead atoms. The molecule has 0 heterocycles. The van der Waals surface area contributed by atoms with Gasteiger partial charge in [-0.2, -0.15) is 0 Å². The topological polar surface area (TPSA) is 58.4 Å². The van der Waals surface area contributed by atoms with Crippen molar-refractivity contribution in [1.82, 2.24) is 0 Å². The Labute approximate surface area is 129 Å². The summed E-state index contributed by atoms with van der Waals surface area (Å²) in [6.07, 6.45) is 0. The molecule has 0 radical (unpaired) electrons. The summed E-state index contributed by atoms with van der Waals surface area (Å²) in [4.78, 5) is 14.5. The average Bonchev–Trinajstić information content (AvgIpc) is 2.47. The fraction of sp³-hybridized carbons (Fsp3) is 0.125. The molecular weight excluding hydrogens is 282 g/mol. The second kappa shape index (κ2) is 6.37. The van der Waals surface area contributed by atoms with Gasteiger partial charge in [0.25, 0.3) is 5.91 Å². The highest BCUT2D eigenvalue weighted by atomic mass is 32.1. The molecule has 1 amide bonds. The van der Waals surface area contributed by atoms with Gasteiger partial charge in [-0.1, -0.05) is 30.4 Å². The third-order valence-corrected chi connectivity index (χ3v) is 3.27. The molecule has 0 fully saturated rings. The van der Waals surface area contributed by atoms with E-state index < -0.39 is 0 Å². The van der Waals surface area contributed by atoms with Crippen molar-refractivity contribution in [2.45, 2.75) is 0 Å². The number of carbonyl (C=O) groups is 1. The number of benzene rings is 2. The van der Waals surface area contributed by atoms with Crippen LogP contribution in [0.5, 0.6) is 0 Å². The van der Waals surface area contributed by atoms with Crippen LogP contribution < -0.4 is 16.0 Å². The number of carbonyl (C=O) groups excluding carboxylic acids is 1. The second-order valence-corrected chi connectivity index (χ2v) is 5.28. The van der Waals surface area contributed by atoms with E-state index in [0.29, 0.717) is 16.2 Å². The molecule has 0 saturated heterocycles. The van der Waals surface area contributed by atoms with Crippen LogP contribution in [0.25, 0.3) is 0 Å². The zero-order chi connectivity index (χ0) is 15.4. The van der Waals surface area contributed by atoms with Crippen LogP contribution in [0.4, 0.5) is 11.4 Å². The Morgan fingerprint density at radius 3 is 2.43 bits per heavy atom. The summed E-state index contributed by atoms with van der Waals surface area (Å²) < 4.78 is 0. The third kappa shape index (κ3) is 3.79. The summed E-state index contributed by atoms with van der Waals surface area (Å²) in [5.41, 5.74) is 8.56. The van der Waals surface area contributed by atoms with Gasteiger partial charge < -0.3 is 16.0 Å². The summed E-state index contributed by atoms with van der Waals surface area (Å²) in [5.74, 6) is -0.168. The molecule has 2 aromatic carbocycles. The van der Waals surface area contributed by atoms with Gasteiger partial charge >= 0.3 is 0 Å². The Bertz CT molecular complexity index is 683. The van der Waals surface area contributed by atoms with Crippen LogP contribution in [-0.2, 0) is 0 Å². The maximum Gasteiger partial charge on any atom is 0.255 e. The monoisotopic (exact) mass is 299 g/mol. The van der Waals surface area contributed by atoms with E-state index in [9.17, 15) is 4.79 Å². The molecule has 0 aliphatic heterocycles. The number of nitrogens with zero attached hydrogens (tertiary/aromatic N) is 1. The van der Waals surface area contributed by atoms with Crippen molar-refractivity contribution in [2.24, 2.45) is 5.73 Å². The first-order chi connectivity index (χ1) is 9.97. The quantitative estimate of drug-likeness (QED) is 0.852. The van der Waals surface area contributed by atoms with Crippen molar-refractivity contribution < 1.29 is 4.79 Å². The number of nitrogens with two attached hydrogens (primary N) is 1. The summed E-state index contributed by atoms with van der Waals surface area (Å²) in [7, 11) is 3.87. The molecule has 0 aromatic heterocycles. The highest BCUT2D eigenvalue weighted by molar-refractivity contribution is 7.80. The van der Waals surface area contributed by atoms with Gasteiger partial charge in [-0.3, -0.25) is 4.79 Å². The van der Waals surface area contributed by atoms with Crippen molar-refractivity contribution in [3.8, 4) is 0 Å². The molecule has 4 nitrogen and oxygen atoms in total. The van der Waals surface area contributed by atoms with E-state index in [-0.39, 0.29) is 5.91 Å². The highest BCUT2D eigenvalue weighted by Gasteiger charge is 2.08. The van der Waals surface area contributed by atoms with Gasteiger partial charge in [0.05, 0.1) is 0 Å².